The van der Waals surface area contributed by atoms with Gasteiger partial charge in [0, 0.05) is 23.4 Å². The van der Waals surface area contributed by atoms with Crippen molar-refractivity contribution in [1.82, 2.24) is 9.38 Å². The van der Waals surface area contributed by atoms with Crippen molar-refractivity contribution in [3.8, 4) is 0 Å². The third kappa shape index (κ3) is 4.19. The molecule has 0 N–H and O–H groups in total. The number of nitrogens with zero attached hydrogens (tertiary/aromatic N) is 3. The van der Waals surface area contributed by atoms with Gasteiger partial charge in [-0.2, -0.15) is 4.36 Å². The van der Waals surface area contributed by atoms with Gasteiger partial charge in [0.05, 0.1) is 45.9 Å². The number of fused-ring (bicyclic) bond motifs is 1. The van der Waals surface area contributed by atoms with Gasteiger partial charge in [0.25, 0.3) is 11.5 Å². The van der Waals surface area contributed by atoms with E-state index in [-0.39, 0.29) is 17.2 Å². The highest BCUT2D eigenvalue weighted by Crippen LogP contribution is 2.13. The predicted octanol–water partition coefficient (Wildman–Crippen LogP) is 1.01. The first kappa shape index (κ1) is 16.6. The highest BCUT2D eigenvalue weighted by Gasteiger charge is 2.16. The third-order valence-corrected chi connectivity index (χ3v) is 7.05. The molecule has 1 saturated heterocycles. The van der Waals surface area contributed by atoms with Gasteiger partial charge in [-0.15, -0.1) is 23.1 Å². The Morgan fingerprint density at radius 2 is 2.26 bits per heavy atom. The van der Waals surface area contributed by atoms with Crippen LogP contribution >= 0.6 is 23.1 Å². The van der Waals surface area contributed by atoms with Gasteiger partial charge in [0.2, 0.25) is 0 Å². The number of thiazole rings is 1. The molecule has 0 radical (unpaired) electrons. The largest absolute Gasteiger partial charge is 0.379 e. The van der Waals surface area contributed by atoms with Crippen LogP contribution < -0.4 is 5.56 Å². The van der Waals surface area contributed by atoms with Gasteiger partial charge in [-0.25, -0.2) is 9.19 Å². The first-order chi connectivity index (χ1) is 11.1. The molecule has 3 rings (SSSR count). The van der Waals surface area contributed by atoms with E-state index in [0.717, 1.165) is 0 Å². The van der Waals surface area contributed by atoms with Crippen LogP contribution in [0.3, 0.4) is 0 Å². The molecule has 2 aromatic rings. The molecule has 3 heterocycles. The van der Waals surface area contributed by atoms with E-state index in [2.05, 4.69) is 9.35 Å². The normalized spacial score (nSPS) is 17.2. The summed E-state index contributed by atoms with van der Waals surface area (Å²) in [5, 5.41) is 1.80. The van der Waals surface area contributed by atoms with Crippen LogP contribution in [-0.4, -0.2) is 50.0 Å². The van der Waals surface area contributed by atoms with Gasteiger partial charge >= 0.3 is 0 Å². The fraction of sp³-hybridized carbons (Fsp3) is 0.462. The molecule has 23 heavy (non-hydrogen) atoms. The first-order valence-electron chi connectivity index (χ1n) is 6.92. The molecule has 1 aliphatic rings. The van der Waals surface area contributed by atoms with E-state index in [1.807, 2.05) is 0 Å². The van der Waals surface area contributed by atoms with E-state index >= 15 is 0 Å². The van der Waals surface area contributed by atoms with E-state index in [4.69, 9.17) is 4.74 Å². The maximum atomic E-state index is 12.3. The van der Waals surface area contributed by atoms with Crippen molar-refractivity contribution in [3.05, 3.63) is 33.7 Å². The molecule has 0 unspecified atom stereocenters. The smallest absolute Gasteiger partial charge is 0.263 e. The lowest BCUT2D eigenvalue weighted by molar-refractivity contribution is -0.115. The van der Waals surface area contributed by atoms with E-state index in [9.17, 15) is 13.8 Å². The molecule has 7 nitrogen and oxygen atoms in total. The fourth-order valence-corrected chi connectivity index (χ4v) is 5.19. The molecule has 0 atom stereocenters. The molecule has 2 aromatic heterocycles. The second kappa shape index (κ2) is 7.12. The van der Waals surface area contributed by atoms with E-state index in [0.29, 0.717) is 41.1 Å². The lowest BCUT2D eigenvalue weighted by Gasteiger charge is -2.15. The molecule has 1 amide bonds. The second-order valence-electron chi connectivity index (χ2n) is 4.91. The number of ether oxygens (including phenoxy) is 1. The molecular formula is C13H15N3O4S3. The summed E-state index contributed by atoms with van der Waals surface area (Å²) < 4.78 is 22.8. The Morgan fingerprint density at radius 1 is 1.48 bits per heavy atom. The first-order valence-corrected chi connectivity index (χ1v) is 10.8. The number of carbonyl (C=O) groups is 1. The summed E-state index contributed by atoms with van der Waals surface area (Å²) in [6.07, 6.45) is 1.68. The summed E-state index contributed by atoms with van der Waals surface area (Å²) >= 11 is 2.70. The molecule has 0 bridgehead atoms. The topological polar surface area (TPSA) is 90.1 Å². The van der Waals surface area contributed by atoms with Gasteiger partial charge < -0.3 is 4.74 Å². The zero-order valence-corrected chi connectivity index (χ0v) is 14.6. The molecule has 1 fully saturated rings. The summed E-state index contributed by atoms with van der Waals surface area (Å²) in [4.78, 5) is 28.7. The van der Waals surface area contributed by atoms with Gasteiger partial charge in [0.15, 0.2) is 4.96 Å². The summed E-state index contributed by atoms with van der Waals surface area (Å²) in [5.74, 6) is 0.822. The number of thioether (sulfide) groups is 1. The van der Waals surface area contributed by atoms with Crippen molar-refractivity contribution in [2.45, 2.75) is 5.75 Å². The van der Waals surface area contributed by atoms with E-state index < -0.39 is 9.73 Å². The van der Waals surface area contributed by atoms with Crippen molar-refractivity contribution in [2.75, 3.05) is 30.5 Å². The summed E-state index contributed by atoms with van der Waals surface area (Å²) in [6, 6.07) is 1.47. The lowest BCUT2D eigenvalue weighted by Crippen LogP contribution is -2.26. The Kier molecular flexibility index (Phi) is 5.14. The Hall–Kier alpha value is -1.23. The minimum absolute atomic E-state index is 0.128. The van der Waals surface area contributed by atoms with Crippen LogP contribution in [0.15, 0.2) is 26.8 Å². The number of aromatic nitrogens is 2. The van der Waals surface area contributed by atoms with E-state index in [1.54, 1.807) is 11.6 Å². The maximum absolute atomic E-state index is 12.3. The van der Waals surface area contributed by atoms with Gasteiger partial charge in [-0.05, 0) is 0 Å². The standard InChI is InChI=1S/C13H15N3O4S3/c17-11(15-23(19)5-2-20-3-6-23)9-21-8-10-7-12(18)16-1-4-22-13(16)14-10/h1,4,7H,2-3,5-6,8-9H2. The van der Waals surface area contributed by atoms with Crippen LogP contribution in [0.2, 0.25) is 0 Å². The average molecular weight is 373 g/mol. The van der Waals surface area contributed by atoms with Gasteiger partial charge in [0.1, 0.15) is 0 Å². The van der Waals surface area contributed by atoms with Crippen LogP contribution in [0.4, 0.5) is 0 Å². The molecule has 0 aromatic carbocycles. The Morgan fingerprint density at radius 3 is 3.04 bits per heavy atom. The van der Waals surface area contributed by atoms with Crippen LogP contribution in [-0.2, 0) is 25.0 Å². The molecule has 0 aliphatic carbocycles. The Labute approximate surface area is 141 Å². The number of rotatable bonds is 4. The minimum atomic E-state index is -2.44. The average Bonchev–Trinajstić information content (AvgIpc) is 2.96. The molecule has 0 saturated carbocycles. The lowest BCUT2D eigenvalue weighted by atomic mass is 10.4. The van der Waals surface area contributed by atoms with Gasteiger partial charge in [-0.3, -0.25) is 14.0 Å². The van der Waals surface area contributed by atoms with Crippen molar-refractivity contribution < 1.29 is 13.7 Å². The zero-order valence-electron chi connectivity index (χ0n) is 12.2. The maximum Gasteiger partial charge on any atom is 0.263 e. The quantitative estimate of drug-likeness (QED) is 0.795. The van der Waals surface area contributed by atoms with Gasteiger partial charge in [-0.1, -0.05) is 0 Å². The number of hydrogen-bond donors (Lipinski definition) is 0. The predicted molar refractivity (Wildman–Crippen MR) is 91.6 cm³/mol. The van der Waals surface area contributed by atoms with Crippen LogP contribution in [0.1, 0.15) is 5.69 Å². The number of hydrogen-bond acceptors (Lipinski definition) is 7. The van der Waals surface area contributed by atoms with Crippen LogP contribution in [0.25, 0.3) is 4.96 Å². The highest BCUT2D eigenvalue weighted by molar-refractivity contribution is 7.99. The number of amides is 1. The summed E-state index contributed by atoms with van der Waals surface area (Å²) in [6.45, 7) is 0.773. The van der Waals surface area contributed by atoms with Crippen molar-refractivity contribution >= 4 is 43.7 Å². The zero-order chi connectivity index (χ0) is 16.3. The van der Waals surface area contributed by atoms with Crippen molar-refractivity contribution in [3.63, 3.8) is 0 Å². The van der Waals surface area contributed by atoms with Crippen molar-refractivity contribution in [2.24, 2.45) is 4.36 Å². The Bertz CT molecular complexity index is 883. The molecule has 0 spiro atoms. The molecule has 10 heteroatoms. The summed E-state index contributed by atoms with van der Waals surface area (Å²) in [7, 11) is -2.44. The number of carbonyl (C=O) groups excluding carboxylic acids is 1. The van der Waals surface area contributed by atoms with Crippen LogP contribution in [0, 0.1) is 0 Å². The highest BCUT2D eigenvalue weighted by atomic mass is 32.2. The molecule has 1 aliphatic heterocycles. The van der Waals surface area contributed by atoms with E-state index in [1.165, 1.54) is 33.6 Å². The fourth-order valence-electron chi connectivity index (χ4n) is 2.09. The SMILES string of the molecule is O=C(CSCc1cc(=O)n2ccsc2n1)N=S1(=O)CCOCC1. The Balaban J connectivity index is 1.60. The molecular weight excluding hydrogens is 358 g/mol. The second-order valence-corrected chi connectivity index (χ2v) is 9.32. The minimum Gasteiger partial charge on any atom is -0.379 e. The monoisotopic (exact) mass is 373 g/mol. The van der Waals surface area contributed by atoms with Crippen molar-refractivity contribution in [1.29, 1.82) is 0 Å². The third-order valence-electron chi connectivity index (χ3n) is 3.19. The van der Waals surface area contributed by atoms with Crippen LogP contribution in [0.5, 0.6) is 0 Å². The summed E-state index contributed by atoms with van der Waals surface area (Å²) in [5.41, 5.74) is 0.499. The molecule has 124 valence electrons.